The van der Waals surface area contributed by atoms with Crippen molar-refractivity contribution < 1.29 is 9.18 Å². The minimum atomic E-state index is -0.664. The van der Waals surface area contributed by atoms with Crippen molar-refractivity contribution in [3.8, 4) is 11.1 Å². The van der Waals surface area contributed by atoms with E-state index in [-0.39, 0.29) is 18.0 Å². The number of rotatable bonds is 7. The summed E-state index contributed by atoms with van der Waals surface area (Å²) >= 11 is 0. The molecule has 0 saturated carbocycles. The fourth-order valence-electron chi connectivity index (χ4n) is 3.28. The van der Waals surface area contributed by atoms with Gasteiger partial charge in [-0.05, 0) is 23.8 Å². The number of amides is 1. The zero-order chi connectivity index (χ0) is 23.8. The van der Waals surface area contributed by atoms with E-state index in [4.69, 9.17) is 5.84 Å². The maximum atomic E-state index is 13.6. The molecule has 0 radical (unpaired) electrons. The summed E-state index contributed by atoms with van der Waals surface area (Å²) in [4.78, 5) is 25.1. The normalized spacial score (nSPS) is 11.8. The number of nitrogens with one attached hydrogen (secondary N) is 1. The molecule has 168 valence electrons. The Morgan fingerprint density at radius 2 is 1.65 bits per heavy atom. The molecule has 3 N–H and O–H groups in total. The molecule has 0 atom stereocenters. The lowest BCUT2D eigenvalue weighted by Crippen LogP contribution is -2.25. The number of halogens is 1. The molecule has 2 aromatic heterocycles. The van der Waals surface area contributed by atoms with Crippen molar-refractivity contribution in [1.82, 2.24) is 9.97 Å². The fourth-order valence-corrected chi connectivity index (χ4v) is 3.28. The third-order valence-electron chi connectivity index (χ3n) is 4.89. The number of nitrogens with zero attached hydrogens (tertiary/aromatic N) is 4. The molecule has 0 aliphatic rings. The second kappa shape index (κ2) is 10.7. The maximum absolute atomic E-state index is 13.6. The third kappa shape index (κ3) is 5.74. The molecule has 0 aliphatic carbocycles. The van der Waals surface area contributed by atoms with E-state index in [9.17, 15) is 9.18 Å². The van der Waals surface area contributed by atoms with E-state index in [1.54, 1.807) is 18.3 Å². The van der Waals surface area contributed by atoms with E-state index in [1.807, 2.05) is 66.7 Å². The average Bonchev–Trinajstić information content (AvgIpc) is 2.87. The first-order valence-electron chi connectivity index (χ1n) is 10.5. The molecule has 0 bridgehead atoms. The van der Waals surface area contributed by atoms with Crippen LogP contribution in [0, 0.1) is 5.95 Å². The summed E-state index contributed by atoms with van der Waals surface area (Å²) in [5.41, 5.74) is 3.57. The van der Waals surface area contributed by atoms with Crippen LogP contribution in [0.5, 0.6) is 0 Å². The predicted octanol–water partition coefficient (Wildman–Crippen LogP) is 4.75. The summed E-state index contributed by atoms with van der Waals surface area (Å²) in [7, 11) is 0. The average molecular weight is 452 g/mol. The highest BCUT2D eigenvalue weighted by Gasteiger charge is 2.17. The van der Waals surface area contributed by atoms with Gasteiger partial charge in [-0.1, -0.05) is 60.7 Å². The number of hydrazone groups is 1. The Balaban J connectivity index is 1.53. The Bertz CT molecular complexity index is 1320. The molecule has 0 spiro atoms. The molecule has 7 nitrogen and oxygen atoms in total. The lowest BCUT2D eigenvalue weighted by molar-refractivity contribution is -0.115. The zero-order valence-corrected chi connectivity index (χ0v) is 18.1. The predicted molar refractivity (Wildman–Crippen MR) is 131 cm³/mol. The number of hydrogen-bond donors (Lipinski definition) is 2. The van der Waals surface area contributed by atoms with Gasteiger partial charge >= 0.3 is 0 Å². The van der Waals surface area contributed by atoms with Crippen LogP contribution in [0.15, 0.2) is 107 Å². The number of carbonyl (C=O) groups excluding carboxylic acids is 1. The largest absolute Gasteiger partial charge is 0.323 e. The van der Waals surface area contributed by atoms with Gasteiger partial charge < -0.3 is 11.2 Å². The molecule has 8 heteroatoms. The van der Waals surface area contributed by atoms with Gasteiger partial charge in [-0.2, -0.15) is 9.49 Å². The van der Waals surface area contributed by atoms with Crippen LogP contribution in [-0.4, -0.2) is 27.3 Å². The van der Waals surface area contributed by atoms with E-state index in [1.165, 1.54) is 12.3 Å². The van der Waals surface area contributed by atoms with Gasteiger partial charge in [0.25, 0.3) is 0 Å². The Hall–Kier alpha value is -4.72. The minimum Gasteiger partial charge on any atom is -0.323 e. The number of aromatic nitrogens is 2. The third-order valence-corrected chi connectivity index (χ3v) is 4.89. The van der Waals surface area contributed by atoms with Gasteiger partial charge in [-0.15, -0.1) is 0 Å². The van der Waals surface area contributed by atoms with Crippen molar-refractivity contribution in [1.29, 1.82) is 0 Å². The summed E-state index contributed by atoms with van der Waals surface area (Å²) in [5.74, 6) is 5.01. The summed E-state index contributed by atoms with van der Waals surface area (Å²) < 4.78 is 13.6. The molecule has 0 saturated heterocycles. The highest BCUT2D eigenvalue weighted by molar-refractivity contribution is 6.51. The summed E-state index contributed by atoms with van der Waals surface area (Å²) in [5, 5.41) is 6.57. The van der Waals surface area contributed by atoms with Crippen molar-refractivity contribution in [2.75, 3.05) is 5.32 Å². The second-order valence-electron chi connectivity index (χ2n) is 7.26. The summed E-state index contributed by atoms with van der Waals surface area (Å²) in [6.45, 7) is 0. The monoisotopic (exact) mass is 452 g/mol. The van der Waals surface area contributed by atoms with Crippen molar-refractivity contribution in [3.05, 3.63) is 109 Å². The van der Waals surface area contributed by atoms with E-state index in [0.717, 1.165) is 11.1 Å². The van der Waals surface area contributed by atoms with Crippen molar-refractivity contribution in [2.24, 2.45) is 15.9 Å². The number of aliphatic imine (C=N–C) groups is 1. The Morgan fingerprint density at radius 3 is 2.29 bits per heavy atom. The molecule has 0 unspecified atom stereocenters. The van der Waals surface area contributed by atoms with Crippen LogP contribution in [0.1, 0.15) is 12.0 Å². The molecule has 0 aliphatic heterocycles. The van der Waals surface area contributed by atoms with Crippen LogP contribution in [0.4, 0.5) is 15.9 Å². The van der Waals surface area contributed by atoms with Gasteiger partial charge in [0.1, 0.15) is 5.82 Å². The zero-order valence-electron chi connectivity index (χ0n) is 18.1. The smallest absolute Gasteiger partial charge is 0.231 e. The number of carbonyl (C=O) groups is 1. The number of benzene rings is 2. The first-order chi connectivity index (χ1) is 16.6. The molecule has 34 heavy (non-hydrogen) atoms. The van der Waals surface area contributed by atoms with E-state index >= 15 is 0 Å². The van der Waals surface area contributed by atoms with Gasteiger partial charge in [0.05, 0.1) is 23.5 Å². The number of anilines is 1. The SMILES string of the molecule is NN=C(CC(=O)Nc1ccc(-c2ccccc2)cn1)C(=Nc1ccnc(F)c1)c1ccccc1. The van der Waals surface area contributed by atoms with Crippen LogP contribution >= 0.6 is 0 Å². The fraction of sp³-hybridized carbons (Fsp3) is 0.0385. The highest BCUT2D eigenvalue weighted by atomic mass is 19.1. The Kier molecular flexibility index (Phi) is 7.09. The van der Waals surface area contributed by atoms with Crippen molar-refractivity contribution in [2.45, 2.75) is 6.42 Å². The number of hydrogen-bond acceptors (Lipinski definition) is 6. The van der Waals surface area contributed by atoms with Crippen molar-refractivity contribution >= 4 is 28.8 Å². The molecule has 2 aromatic carbocycles. The van der Waals surface area contributed by atoms with Crippen LogP contribution in [0.25, 0.3) is 11.1 Å². The maximum Gasteiger partial charge on any atom is 0.231 e. The summed E-state index contributed by atoms with van der Waals surface area (Å²) in [6.07, 6.45) is 2.85. The highest BCUT2D eigenvalue weighted by Crippen LogP contribution is 2.19. The van der Waals surface area contributed by atoms with Gasteiger partial charge in [0.2, 0.25) is 11.9 Å². The van der Waals surface area contributed by atoms with Gasteiger partial charge in [0, 0.05) is 29.6 Å². The van der Waals surface area contributed by atoms with Crippen LogP contribution in [-0.2, 0) is 4.79 Å². The van der Waals surface area contributed by atoms with E-state index in [2.05, 4.69) is 25.4 Å². The van der Waals surface area contributed by atoms with Gasteiger partial charge in [-0.25, -0.2) is 15.0 Å². The number of nitrogens with two attached hydrogens (primary N) is 1. The first-order valence-corrected chi connectivity index (χ1v) is 10.5. The van der Waals surface area contributed by atoms with Gasteiger partial charge in [-0.3, -0.25) is 4.79 Å². The molecule has 4 aromatic rings. The molecule has 0 fully saturated rings. The summed E-state index contributed by atoms with van der Waals surface area (Å²) in [6, 6.07) is 25.3. The topological polar surface area (TPSA) is 106 Å². The quantitative estimate of drug-likeness (QED) is 0.183. The van der Waals surface area contributed by atoms with Crippen molar-refractivity contribution in [3.63, 3.8) is 0 Å². The molecule has 2 heterocycles. The van der Waals surface area contributed by atoms with E-state index < -0.39 is 5.95 Å². The first kappa shape index (κ1) is 22.5. The van der Waals surface area contributed by atoms with Crippen LogP contribution in [0.2, 0.25) is 0 Å². The second-order valence-corrected chi connectivity index (χ2v) is 7.26. The molecule has 4 rings (SSSR count). The lowest BCUT2D eigenvalue weighted by atomic mass is 10.0. The van der Waals surface area contributed by atoms with Gasteiger partial charge in [0.15, 0.2) is 0 Å². The Morgan fingerprint density at radius 1 is 0.912 bits per heavy atom. The molecular weight excluding hydrogens is 431 g/mol. The Labute approximate surface area is 195 Å². The lowest BCUT2D eigenvalue weighted by Gasteiger charge is -2.11. The van der Waals surface area contributed by atoms with E-state index in [0.29, 0.717) is 22.8 Å². The standard InChI is InChI=1S/C26H21FN6O/c27-23-15-21(13-14-29-23)31-26(19-9-5-2-6-10-19)22(33-28)16-25(34)32-24-12-11-20(17-30-24)18-7-3-1-4-8-18/h1-15,17H,16,28H2,(H,30,32,34). The minimum absolute atomic E-state index is 0.153. The van der Waals surface area contributed by atoms with Crippen LogP contribution in [0.3, 0.4) is 0 Å². The molecular formula is C26H21FN6O. The number of pyridine rings is 2. The van der Waals surface area contributed by atoms with Crippen LogP contribution < -0.4 is 11.2 Å². The molecule has 1 amide bonds.